The van der Waals surface area contributed by atoms with Gasteiger partial charge in [0, 0.05) is 5.56 Å². The third-order valence-corrected chi connectivity index (χ3v) is 2.47. The summed E-state index contributed by atoms with van der Waals surface area (Å²) in [4.78, 5) is 7.91. The van der Waals surface area contributed by atoms with Crippen LogP contribution in [0.15, 0.2) is 0 Å². The summed E-state index contributed by atoms with van der Waals surface area (Å²) >= 11 is 11.6. The van der Waals surface area contributed by atoms with Crippen molar-refractivity contribution in [2.45, 2.75) is 26.7 Å². The molecule has 0 aliphatic carbocycles. The number of hydrogen-bond acceptors (Lipinski definition) is 3. The Balaban J connectivity index is 2.69. The molecule has 0 spiro atoms. The van der Waals surface area contributed by atoms with Gasteiger partial charge in [-0.25, -0.2) is 0 Å². The summed E-state index contributed by atoms with van der Waals surface area (Å²) in [7, 11) is 0. The van der Waals surface area contributed by atoms with Crippen molar-refractivity contribution in [1.29, 1.82) is 0 Å². The molecule has 1 aromatic heterocycles. The van der Waals surface area contributed by atoms with Crippen LogP contribution in [-0.4, -0.2) is 16.6 Å². The first kappa shape index (κ1) is 11.5. The van der Waals surface area contributed by atoms with Crippen molar-refractivity contribution < 1.29 is 4.74 Å². The molecule has 0 bridgehead atoms. The lowest BCUT2D eigenvalue weighted by molar-refractivity contribution is 0.285. The van der Waals surface area contributed by atoms with E-state index < -0.39 is 0 Å². The first-order chi connectivity index (χ1) is 6.65. The fraction of sp³-hybridized carbons (Fsp3) is 0.556. The van der Waals surface area contributed by atoms with E-state index in [1.165, 1.54) is 0 Å². The Bertz CT molecular complexity index is 295. The highest BCUT2D eigenvalue weighted by Gasteiger charge is 2.07. The molecule has 1 aromatic rings. The molecule has 0 aliphatic heterocycles. The van der Waals surface area contributed by atoms with Crippen LogP contribution in [0.3, 0.4) is 0 Å². The van der Waals surface area contributed by atoms with Gasteiger partial charge in [-0.1, -0.05) is 36.5 Å². The lowest BCUT2D eigenvalue weighted by Crippen LogP contribution is -2.02. The second-order valence-corrected chi connectivity index (χ2v) is 3.63. The Morgan fingerprint density at radius 1 is 1.21 bits per heavy atom. The van der Waals surface area contributed by atoms with Gasteiger partial charge in [-0.2, -0.15) is 9.97 Å². The molecule has 5 heteroatoms. The summed E-state index contributed by atoms with van der Waals surface area (Å²) in [5.41, 5.74) is 0.677. The van der Waals surface area contributed by atoms with E-state index in [1.807, 2.05) is 0 Å². The summed E-state index contributed by atoms with van der Waals surface area (Å²) in [5, 5.41) is 0.688. The van der Waals surface area contributed by atoms with Crippen LogP contribution in [-0.2, 0) is 0 Å². The average molecular weight is 235 g/mol. The lowest BCUT2D eigenvalue weighted by atomic mass is 10.4. The molecule has 0 aromatic carbocycles. The number of rotatable bonds is 4. The maximum absolute atomic E-state index is 5.82. The largest absolute Gasteiger partial charge is 0.463 e. The van der Waals surface area contributed by atoms with E-state index in [1.54, 1.807) is 6.92 Å². The SMILES string of the molecule is CCCCOc1nc(Cl)c(C)c(Cl)n1. The van der Waals surface area contributed by atoms with Crippen LogP contribution in [0, 0.1) is 6.92 Å². The second-order valence-electron chi connectivity index (χ2n) is 2.91. The van der Waals surface area contributed by atoms with Gasteiger partial charge in [0.25, 0.3) is 0 Å². The minimum atomic E-state index is 0.249. The molecule has 0 N–H and O–H groups in total. The minimum Gasteiger partial charge on any atom is -0.463 e. The predicted molar refractivity (Wildman–Crippen MR) is 57.2 cm³/mol. The maximum atomic E-state index is 5.82. The number of nitrogens with zero attached hydrogens (tertiary/aromatic N) is 2. The molecule has 14 heavy (non-hydrogen) atoms. The third kappa shape index (κ3) is 3.00. The Hall–Kier alpha value is -0.540. The molecule has 0 aliphatic rings. The van der Waals surface area contributed by atoms with Crippen molar-refractivity contribution in [3.63, 3.8) is 0 Å². The molecule has 0 saturated carbocycles. The van der Waals surface area contributed by atoms with Gasteiger partial charge in [-0.15, -0.1) is 0 Å². The predicted octanol–water partition coefficient (Wildman–Crippen LogP) is 3.27. The van der Waals surface area contributed by atoms with Crippen LogP contribution in [0.5, 0.6) is 6.01 Å². The van der Waals surface area contributed by atoms with Gasteiger partial charge in [-0.3, -0.25) is 0 Å². The van der Waals surface area contributed by atoms with E-state index in [4.69, 9.17) is 27.9 Å². The van der Waals surface area contributed by atoms with E-state index in [9.17, 15) is 0 Å². The van der Waals surface area contributed by atoms with Gasteiger partial charge in [0.15, 0.2) is 0 Å². The topological polar surface area (TPSA) is 35.0 Å². The van der Waals surface area contributed by atoms with Gasteiger partial charge in [0.05, 0.1) is 6.61 Å². The van der Waals surface area contributed by atoms with Crippen molar-refractivity contribution in [3.8, 4) is 6.01 Å². The molecule has 0 fully saturated rings. The van der Waals surface area contributed by atoms with Crippen LogP contribution < -0.4 is 4.74 Å². The summed E-state index contributed by atoms with van der Waals surface area (Å²) in [6.45, 7) is 4.44. The number of halogens is 2. The summed E-state index contributed by atoms with van der Waals surface area (Å²) in [6.07, 6.45) is 2.03. The summed E-state index contributed by atoms with van der Waals surface area (Å²) in [5.74, 6) is 0. The van der Waals surface area contributed by atoms with Gasteiger partial charge in [-0.05, 0) is 13.3 Å². The van der Waals surface area contributed by atoms with Crippen molar-refractivity contribution in [3.05, 3.63) is 15.9 Å². The Morgan fingerprint density at radius 3 is 2.29 bits per heavy atom. The van der Waals surface area contributed by atoms with Gasteiger partial charge < -0.3 is 4.74 Å². The van der Waals surface area contributed by atoms with Crippen LogP contribution in [0.4, 0.5) is 0 Å². The van der Waals surface area contributed by atoms with E-state index >= 15 is 0 Å². The highest BCUT2D eigenvalue weighted by atomic mass is 35.5. The Morgan fingerprint density at radius 2 is 1.79 bits per heavy atom. The van der Waals surface area contributed by atoms with E-state index in [0.717, 1.165) is 12.8 Å². The highest BCUT2D eigenvalue weighted by Crippen LogP contribution is 2.22. The van der Waals surface area contributed by atoms with E-state index in [2.05, 4.69) is 16.9 Å². The number of unbranched alkanes of at least 4 members (excludes halogenated alkanes) is 1. The van der Waals surface area contributed by atoms with Gasteiger partial charge in [0.1, 0.15) is 10.3 Å². The third-order valence-electron chi connectivity index (χ3n) is 1.74. The Kier molecular flexibility index (Phi) is 4.42. The molecule has 1 rings (SSSR count). The quantitative estimate of drug-likeness (QED) is 0.593. The second kappa shape index (κ2) is 5.37. The zero-order valence-corrected chi connectivity index (χ0v) is 9.69. The first-order valence-electron chi connectivity index (χ1n) is 4.47. The average Bonchev–Trinajstić information content (AvgIpc) is 2.14. The minimum absolute atomic E-state index is 0.249. The molecule has 1 heterocycles. The molecule has 0 radical (unpaired) electrons. The first-order valence-corrected chi connectivity index (χ1v) is 5.23. The van der Waals surface area contributed by atoms with Crippen molar-refractivity contribution in [1.82, 2.24) is 9.97 Å². The smallest absolute Gasteiger partial charge is 0.319 e. The molecule has 0 saturated heterocycles. The van der Waals surface area contributed by atoms with Crippen LogP contribution in [0.2, 0.25) is 10.3 Å². The van der Waals surface area contributed by atoms with Crippen molar-refractivity contribution in [2.75, 3.05) is 6.61 Å². The standard InChI is InChI=1S/C9H12Cl2N2O/c1-3-4-5-14-9-12-7(10)6(2)8(11)13-9/h3-5H2,1-2H3. The molecule has 0 amide bonds. The van der Waals surface area contributed by atoms with E-state index in [0.29, 0.717) is 22.5 Å². The van der Waals surface area contributed by atoms with Crippen LogP contribution in [0.25, 0.3) is 0 Å². The van der Waals surface area contributed by atoms with E-state index in [-0.39, 0.29) is 6.01 Å². The maximum Gasteiger partial charge on any atom is 0.319 e. The van der Waals surface area contributed by atoms with Crippen molar-refractivity contribution >= 4 is 23.2 Å². The number of ether oxygens (including phenoxy) is 1. The molecule has 0 unspecified atom stereocenters. The van der Waals surface area contributed by atoms with Gasteiger partial charge in [0.2, 0.25) is 0 Å². The summed E-state index contributed by atoms with van der Waals surface area (Å²) < 4.78 is 5.27. The van der Waals surface area contributed by atoms with Crippen molar-refractivity contribution in [2.24, 2.45) is 0 Å². The normalized spacial score (nSPS) is 10.3. The monoisotopic (exact) mass is 234 g/mol. The van der Waals surface area contributed by atoms with Gasteiger partial charge >= 0.3 is 6.01 Å². The molecular formula is C9H12Cl2N2O. The highest BCUT2D eigenvalue weighted by molar-refractivity contribution is 6.34. The lowest BCUT2D eigenvalue weighted by Gasteiger charge is -2.05. The van der Waals surface area contributed by atoms with Crippen LogP contribution in [0.1, 0.15) is 25.3 Å². The fourth-order valence-electron chi connectivity index (χ4n) is 0.818. The fourth-order valence-corrected chi connectivity index (χ4v) is 1.19. The number of hydrogen-bond donors (Lipinski definition) is 0. The molecule has 3 nitrogen and oxygen atoms in total. The molecule has 78 valence electrons. The summed E-state index contributed by atoms with van der Waals surface area (Å²) in [6, 6.07) is 0.249. The van der Waals surface area contributed by atoms with Crippen LogP contribution >= 0.6 is 23.2 Å². The Labute approximate surface area is 93.4 Å². The molecular weight excluding hydrogens is 223 g/mol. The molecule has 0 atom stereocenters. The zero-order chi connectivity index (χ0) is 10.6. The zero-order valence-electron chi connectivity index (χ0n) is 8.18. The number of aromatic nitrogens is 2.